The van der Waals surface area contributed by atoms with E-state index in [4.69, 9.17) is 0 Å². The molecule has 0 rings (SSSR count). The van der Waals surface area contributed by atoms with E-state index in [0.717, 1.165) is 12.8 Å². The molecule has 0 aliphatic carbocycles. The van der Waals surface area contributed by atoms with E-state index in [2.05, 4.69) is 6.92 Å². The van der Waals surface area contributed by atoms with Crippen LogP contribution in [0.15, 0.2) is 0 Å². The van der Waals surface area contributed by atoms with Crippen molar-refractivity contribution in [2.24, 2.45) is 0 Å². The van der Waals surface area contributed by atoms with Crippen LogP contribution in [0.5, 0.6) is 0 Å². The summed E-state index contributed by atoms with van der Waals surface area (Å²) in [6, 6.07) is 0. The van der Waals surface area contributed by atoms with Crippen molar-refractivity contribution in [1.82, 2.24) is 0 Å². The average Bonchev–Trinajstić information content (AvgIpc) is 2.38. The lowest BCUT2D eigenvalue weighted by molar-refractivity contribution is -0.128. The molecule has 121 valence electrons. The summed E-state index contributed by atoms with van der Waals surface area (Å²) >= 11 is 0. The van der Waals surface area contributed by atoms with E-state index in [0.29, 0.717) is 6.42 Å². The zero-order chi connectivity index (χ0) is 15.1. The summed E-state index contributed by atoms with van der Waals surface area (Å²) in [4.78, 5) is 0. The van der Waals surface area contributed by atoms with Gasteiger partial charge in [-0.3, -0.25) is 0 Å². The van der Waals surface area contributed by atoms with Gasteiger partial charge in [0.1, 0.15) is 0 Å². The molecule has 0 N–H and O–H groups in total. The molecule has 0 aromatic carbocycles. The Morgan fingerprint density at radius 3 is 1.45 bits per heavy atom. The molecule has 0 saturated heterocycles. The van der Waals surface area contributed by atoms with Crippen LogP contribution in [0.1, 0.15) is 96.8 Å². The van der Waals surface area contributed by atoms with Gasteiger partial charge in [-0.05, 0) is 12.8 Å². The monoisotopic (exact) mass is 293 g/mol. The van der Waals surface area contributed by atoms with Crippen LogP contribution in [0.25, 0.3) is 0 Å². The maximum atomic E-state index is 11.9. The van der Waals surface area contributed by atoms with Crippen LogP contribution < -0.4 is 0 Å². The predicted octanol–water partition coefficient (Wildman–Crippen LogP) is 7.23. The second-order valence-electron chi connectivity index (χ2n) is 5.79. The summed E-state index contributed by atoms with van der Waals surface area (Å²) in [5.41, 5.74) is 0. The molecule has 3 heteroatoms. The van der Waals surface area contributed by atoms with E-state index in [1.165, 1.54) is 70.6 Å². The van der Waals surface area contributed by atoms with Gasteiger partial charge in [0.25, 0.3) is 0 Å². The number of rotatable bonds is 14. The highest BCUT2D eigenvalue weighted by Gasteiger charge is 2.25. The molecule has 1 radical (unpaired) electrons. The zero-order valence-corrected chi connectivity index (χ0v) is 13.1. The van der Waals surface area contributed by atoms with Crippen molar-refractivity contribution < 1.29 is 13.2 Å². The molecule has 0 aromatic rings. The van der Waals surface area contributed by atoms with Gasteiger partial charge >= 0.3 is 6.18 Å². The van der Waals surface area contributed by atoms with Crippen LogP contribution in [0, 0.1) is 6.42 Å². The second-order valence-corrected chi connectivity index (χ2v) is 5.79. The quantitative estimate of drug-likeness (QED) is 0.296. The number of hydrogen-bond acceptors (Lipinski definition) is 0. The van der Waals surface area contributed by atoms with Crippen molar-refractivity contribution in [1.29, 1.82) is 0 Å². The largest absolute Gasteiger partial charge is 0.389 e. The van der Waals surface area contributed by atoms with Gasteiger partial charge in [-0.2, -0.15) is 13.2 Å². The van der Waals surface area contributed by atoms with Crippen molar-refractivity contribution in [2.45, 2.75) is 103 Å². The second kappa shape index (κ2) is 13.8. The molecule has 0 spiro atoms. The fourth-order valence-corrected chi connectivity index (χ4v) is 2.40. The van der Waals surface area contributed by atoms with E-state index in [1.54, 1.807) is 0 Å². The Morgan fingerprint density at radius 2 is 1.05 bits per heavy atom. The van der Waals surface area contributed by atoms with Crippen molar-refractivity contribution in [3.05, 3.63) is 6.42 Å². The maximum Gasteiger partial charge on any atom is 0.389 e. The maximum absolute atomic E-state index is 11.9. The van der Waals surface area contributed by atoms with E-state index in [9.17, 15) is 13.2 Å². The molecule has 0 bridgehead atoms. The number of halogens is 3. The highest BCUT2D eigenvalue weighted by atomic mass is 19.4. The lowest BCUT2D eigenvalue weighted by Gasteiger charge is -2.05. The first-order valence-electron chi connectivity index (χ1n) is 8.44. The molecule has 0 atom stereocenters. The molecule has 0 aromatic heterocycles. The summed E-state index contributed by atoms with van der Waals surface area (Å²) in [6.07, 6.45) is 12.4. The minimum atomic E-state index is -4.02. The third kappa shape index (κ3) is 17.8. The fraction of sp³-hybridized carbons (Fsp3) is 0.941. The minimum Gasteiger partial charge on any atom is -0.171 e. The number of alkyl halides is 3. The van der Waals surface area contributed by atoms with Gasteiger partial charge in [0, 0.05) is 6.42 Å². The predicted molar refractivity (Wildman–Crippen MR) is 80.7 cm³/mol. The Bertz CT molecular complexity index is 187. The highest BCUT2D eigenvalue weighted by Crippen LogP contribution is 2.22. The molecular formula is C17H32F3. The van der Waals surface area contributed by atoms with Gasteiger partial charge < -0.3 is 0 Å². The van der Waals surface area contributed by atoms with Gasteiger partial charge in [0.15, 0.2) is 0 Å². The molecule has 0 aliphatic rings. The van der Waals surface area contributed by atoms with Crippen molar-refractivity contribution in [2.75, 3.05) is 0 Å². The fourth-order valence-electron chi connectivity index (χ4n) is 2.40. The molecule has 0 unspecified atom stereocenters. The van der Waals surface area contributed by atoms with Crippen molar-refractivity contribution >= 4 is 0 Å². The van der Waals surface area contributed by atoms with Crippen LogP contribution in [-0.2, 0) is 0 Å². The molecule has 0 aliphatic heterocycles. The van der Waals surface area contributed by atoms with E-state index in [-0.39, 0.29) is 0 Å². The van der Waals surface area contributed by atoms with Crippen molar-refractivity contribution in [3.8, 4) is 0 Å². The summed E-state index contributed by atoms with van der Waals surface area (Å²) in [5, 5.41) is 0. The third-order valence-electron chi connectivity index (χ3n) is 3.64. The van der Waals surface area contributed by atoms with Crippen LogP contribution >= 0.6 is 0 Å². The zero-order valence-electron chi connectivity index (χ0n) is 13.1. The normalized spacial score (nSPS) is 12.0. The number of hydrogen-bond donors (Lipinski definition) is 0. The first kappa shape index (κ1) is 19.8. The topological polar surface area (TPSA) is 0 Å². The first-order valence-corrected chi connectivity index (χ1v) is 8.44. The summed E-state index contributed by atoms with van der Waals surface area (Å²) in [6.45, 7) is 2.24. The lowest BCUT2D eigenvalue weighted by Crippen LogP contribution is -2.06. The van der Waals surface area contributed by atoms with Crippen molar-refractivity contribution in [3.63, 3.8) is 0 Å². The van der Waals surface area contributed by atoms with Gasteiger partial charge in [0.2, 0.25) is 0 Å². The summed E-state index contributed by atoms with van der Waals surface area (Å²) < 4.78 is 35.6. The average molecular weight is 293 g/mol. The van der Waals surface area contributed by atoms with Gasteiger partial charge in [0.05, 0.1) is 0 Å². The highest BCUT2D eigenvalue weighted by molar-refractivity contribution is 4.69. The van der Waals surface area contributed by atoms with E-state index >= 15 is 0 Å². The third-order valence-corrected chi connectivity index (χ3v) is 3.64. The minimum absolute atomic E-state index is 0.608. The molecule has 0 saturated carbocycles. The molecule has 0 amide bonds. The van der Waals surface area contributed by atoms with E-state index < -0.39 is 12.6 Å². The van der Waals surface area contributed by atoms with Gasteiger partial charge in [-0.25, -0.2) is 0 Å². The number of unbranched alkanes of at least 4 members (excludes halogenated alkanes) is 13. The smallest absolute Gasteiger partial charge is 0.171 e. The van der Waals surface area contributed by atoms with Crippen LogP contribution in [0.3, 0.4) is 0 Å². The first-order chi connectivity index (χ1) is 9.56. The Balaban J connectivity index is 2.99. The Kier molecular flexibility index (Phi) is 13.6. The Morgan fingerprint density at radius 1 is 0.650 bits per heavy atom. The Labute approximate surface area is 123 Å². The van der Waals surface area contributed by atoms with E-state index in [1.807, 2.05) is 0 Å². The van der Waals surface area contributed by atoms with Gasteiger partial charge in [-0.15, -0.1) is 0 Å². The SMILES string of the molecule is CCCCCCCCCCCCCC[CH]CC(F)(F)F. The molecule has 0 nitrogen and oxygen atoms in total. The van der Waals surface area contributed by atoms with Crippen LogP contribution in [-0.4, -0.2) is 6.18 Å². The summed E-state index contributed by atoms with van der Waals surface area (Å²) in [7, 11) is 0. The van der Waals surface area contributed by atoms with Crippen LogP contribution in [0.4, 0.5) is 13.2 Å². The summed E-state index contributed by atoms with van der Waals surface area (Å²) in [5.74, 6) is 0. The molecule has 20 heavy (non-hydrogen) atoms. The van der Waals surface area contributed by atoms with Crippen LogP contribution in [0.2, 0.25) is 0 Å². The molecule has 0 fully saturated rings. The Hall–Kier alpha value is -0.210. The lowest BCUT2D eigenvalue weighted by atomic mass is 10.0. The molecule has 0 heterocycles. The molecular weight excluding hydrogens is 261 g/mol. The standard InChI is InChI=1S/C17H32F3/c1-2-3-4-5-6-7-8-9-10-11-12-13-14-15-16-17(18,19)20/h15H,2-14,16H2,1H3. The van der Waals surface area contributed by atoms with Gasteiger partial charge in [-0.1, -0.05) is 84.0 Å².